The minimum atomic E-state index is -0.669. The van der Waals surface area contributed by atoms with Crippen LogP contribution in [0.15, 0.2) is 12.1 Å². The van der Waals surface area contributed by atoms with E-state index in [2.05, 4.69) is 10.3 Å². The van der Waals surface area contributed by atoms with Gasteiger partial charge < -0.3 is 14.2 Å². The number of aromatic nitrogens is 1. The van der Waals surface area contributed by atoms with Gasteiger partial charge in [0.15, 0.2) is 0 Å². The molecule has 0 saturated heterocycles. The summed E-state index contributed by atoms with van der Waals surface area (Å²) in [5.74, 6) is -0.383. The molecular formula is C16H21ClN2O5. The van der Waals surface area contributed by atoms with Gasteiger partial charge in [0.1, 0.15) is 10.8 Å². The molecule has 0 unspecified atom stereocenters. The zero-order valence-corrected chi connectivity index (χ0v) is 15.1. The predicted molar refractivity (Wildman–Crippen MR) is 91.3 cm³/mol. The molecule has 1 rings (SSSR count). The second-order valence-electron chi connectivity index (χ2n) is 5.63. The van der Waals surface area contributed by atoms with Gasteiger partial charge in [0.05, 0.1) is 25.0 Å². The van der Waals surface area contributed by atoms with Gasteiger partial charge in [-0.05, 0) is 33.8 Å². The first-order chi connectivity index (χ1) is 11.2. The Morgan fingerprint density at radius 3 is 2.58 bits per heavy atom. The first-order valence-electron chi connectivity index (χ1n) is 7.25. The smallest absolute Gasteiger partial charge is 0.412 e. The van der Waals surface area contributed by atoms with Crippen LogP contribution in [-0.4, -0.2) is 36.4 Å². The number of ether oxygens (including phenoxy) is 3. The van der Waals surface area contributed by atoms with Gasteiger partial charge in [0, 0.05) is 12.1 Å². The lowest BCUT2D eigenvalue weighted by Crippen LogP contribution is -2.27. The standard InChI is InChI=1S/C16H21ClN2O5/c1-6-23-13(20)8-7-10-11(9-12(17)19-14(10)22-5)18-15(21)24-16(2,3)4/h7-9H,6H2,1-5H3,(H,18,19,21)/b8-7+. The number of anilines is 1. The highest BCUT2D eigenvalue weighted by Crippen LogP contribution is 2.29. The van der Waals surface area contributed by atoms with E-state index in [0.717, 1.165) is 0 Å². The molecule has 24 heavy (non-hydrogen) atoms. The molecule has 0 atom stereocenters. The molecule has 0 aliphatic rings. The van der Waals surface area contributed by atoms with Crippen LogP contribution in [0.25, 0.3) is 6.08 Å². The first kappa shape index (κ1) is 19.8. The molecule has 8 heteroatoms. The van der Waals surface area contributed by atoms with Gasteiger partial charge in [-0.1, -0.05) is 11.6 Å². The minimum Gasteiger partial charge on any atom is -0.480 e. The van der Waals surface area contributed by atoms with E-state index in [9.17, 15) is 9.59 Å². The molecule has 7 nitrogen and oxygen atoms in total. The van der Waals surface area contributed by atoms with Crippen molar-refractivity contribution in [3.63, 3.8) is 0 Å². The molecule has 0 aliphatic heterocycles. The lowest BCUT2D eigenvalue weighted by atomic mass is 10.2. The first-order valence-corrected chi connectivity index (χ1v) is 7.63. The predicted octanol–water partition coefficient (Wildman–Crippen LogP) is 3.67. The summed E-state index contributed by atoms with van der Waals surface area (Å²) < 4.78 is 15.2. The summed E-state index contributed by atoms with van der Waals surface area (Å²) in [4.78, 5) is 27.5. The van der Waals surface area contributed by atoms with Crippen LogP contribution in [0.3, 0.4) is 0 Å². The van der Waals surface area contributed by atoms with E-state index in [-0.39, 0.29) is 17.6 Å². The molecule has 0 radical (unpaired) electrons. The normalized spacial score (nSPS) is 11.2. The van der Waals surface area contributed by atoms with Crippen molar-refractivity contribution >= 4 is 35.4 Å². The Balaban J connectivity index is 3.15. The van der Waals surface area contributed by atoms with E-state index >= 15 is 0 Å². The Labute approximate surface area is 145 Å². The van der Waals surface area contributed by atoms with Crippen LogP contribution in [0.1, 0.15) is 33.3 Å². The number of amides is 1. The Morgan fingerprint density at radius 1 is 1.38 bits per heavy atom. The van der Waals surface area contributed by atoms with E-state index in [1.165, 1.54) is 25.3 Å². The van der Waals surface area contributed by atoms with E-state index in [1.54, 1.807) is 27.7 Å². The zero-order chi connectivity index (χ0) is 18.3. The zero-order valence-electron chi connectivity index (χ0n) is 14.3. The third-order valence-electron chi connectivity index (χ3n) is 2.49. The van der Waals surface area contributed by atoms with Gasteiger partial charge in [-0.25, -0.2) is 14.6 Å². The molecule has 0 fully saturated rings. The molecular weight excluding hydrogens is 336 g/mol. The molecule has 1 N–H and O–H groups in total. The largest absolute Gasteiger partial charge is 0.480 e. The number of carbonyl (C=O) groups excluding carboxylic acids is 2. The van der Waals surface area contributed by atoms with Gasteiger partial charge in [0.25, 0.3) is 0 Å². The van der Waals surface area contributed by atoms with Crippen molar-refractivity contribution in [3.05, 3.63) is 22.9 Å². The Bertz CT molecular complexity index is 638. The molecule has 0 spiro atoms. The summed E-state index contributed by atoms with van der Waals surface area (Å²) in [6.07, 6.45) is 1.96. The average molecular weight is 357 g/mol. The molecule has 0 saturated carbocycles. The van der Waals surface area contributed by atoms with Crippen LogP contribution in [0.2, 0.25) is 5.15 Å². The fourth-order valence-electron chi connectivity index (χ4n) is 1.68. The van der Waals surface area contributed by atoms with Crippen molar-refractivity contribution in [3.8, 4) is 5.88 Å². The van der Waals surface area contributed by atoms with Crippen molar-refractivity contribution in [2.45, 2.75) is 33.3 Å². The highest BCUT2D eigenvalue weighted by molar-refractivity contribution is 6.29. The number of nitrogens with zero attached hydrogens (tertiary/aromatic N) is 1. The summed E-state index contributed by atoms with van der Waals surface area (Å²) in [5, 5.41) is 2.69. The number of nitrogens with one attached hydrogen (secondary N) is 1. The van der Waals surface area contributed by atoms with Crippen molar-refractivity contribution in [1.82, 2.24) is 4.98 Å². The molecule has 1 heterocycles. The molecule has 132 valence electrons. The number of pyridine rings is 1. The molecule has 0 aliphatic carbocycles. The second-order valence-corrected chi connectivity index (χ2v) is 6.02. The SMILES string of the molecule is CCOC(=O)/C=C/c1c(NC(=O)OC(C)(C)C)cc(Cl)nc1OC. The molecule has 1 aromatic heterocycles. The fraction of sp³-hybridized carbons (Fsp3) is 0.438. The number of halogens is 1. The number of esters is 1. The van der Waals surface area contributed by atoms with Gasteiger partial charge in [-0.3, -0.25) is 5.32 Å². The molecule has 1 amide bonds. The van der Waals surface area contributed by atoms with Crippen LogP contribution < -0.4 is 10.1 Å². The Kier molecular flexibility index (Phi) is 7.03. The maximum absolute atomic E-state index is 12.0. The Hall–Kier alpha value is -2.28. The summed E-state index contributed by atoms with van der Waals surface area (Å²) in [7, 11) is 1.40. The quantitative estimate of drug-likeness (QED) is 0.492. The maximum Gasteiger partial charge on any atom is 0.412 e. The van der Waals surface area contributed by atoms with Crippen LogP contribution >= 0.6 is 11.6 Å². The van der Waals surface area contributed by atoms with Gasteiger partial charge in [0.2, 0.25) is 5.88 Å². The van der Waals surface area contributed by atoms with E-state index in [1.807, 2.05) is 0 Å². The van der Waals surface area contributed by atoms with Crippen LogP contribution in [0, 0.1) is 0 Å². The van der Waals surface area contributed by atoms with Crippen LogP contribution in [0.5, 0.6) is 5.88 Å². The average Bonchev–Trinajstić information content (AvgIpc) is 2.43. The minimum absolute atomic E-state index is 0.117. The summed E-state index contributed by atoms with van der Waals surface area (Å²) in [6.45, 7) is 7.19. The van der Waals surface area contributed by atoms with Crippen molar-refractivity contribution in [2.24, 2.45) is 0 Å². The summed E-state index contributed by atoms with van der Waals surface area (Å²) in [6, 6.07) is 1.43. The molecule has 0 bridgehead atoms. The molecule has 1 aromatic rings. The number of hydrogen-bond donors (Lipinski definition) is 1. The topological polar surface area (TPSA) is 86.8 Å². The van der Waals surface area contributed by atoms with Crippen LogP contribution in [-0.2, 0) is 14.3 Å². The molecule has 0 aromatic carbocycles. The third kappa shape index (κ3) is 6.45. The third-order valence-corrected chi connectivity index (χ3v) is 2.69. The highest BCUT2D eigenvalue weighted by atomic mass is 35.5. The number of hydrogen-bond acceptors (Lipinski definition) is 6. The van der Waals surface area contributed by atoms with Crippen LogP contribution in [0.4, 0.5) is 10.5 Å². The van der Waals surface area contributed by atoms with E-state index < -0.39 is 17.7 Å². The second kappa shape index (κ2) is 8.54. The summed E-state index contributed by atoms with van der Waals surface area (Å²) >= 11 is 5.93. The highest BCUT2D eigenvalue weighted by Gasteiger charge is 2.19. The number of rotatable bonds is 5. The monoisotopic (exact) mass is 356 g/mol. The van der Waals surface area contributed by atoms with Crippen molar-refractivity contribution in [2.75, 3.05) is 19.0 Å². The summed E-state index contributed by atoms with van der Waals surface area (Å²) in [5.41, 5.74) is -0.00573. The number of methoxy groups -OCH3 is 1. The van der Waals surface area contributed by atoms with Gasteiger partial charge >= 0.3 is 12.1 Å². The van der Waals surface area contributed by atoms with Gasteiger partial charge in [-0.15, -0.1) is 0 Å². The Morgan fingerprint density at radius 2 is 2.04 bits per heavy atom. The van der Waals surface area contributed by atoms with E-state index in [4.69, 9.17) is 25.8 Å². The lowest BCUT2D eigenvalue weighted by molar-refractivity contribution is -0.137. The number of carbonyl (C=O) groups is 2. The van der Waals surface area contributed by atoms with Crippen molar-refractivity contribution < 1.29 is 23.8 Å². The van der Waals surface area contributed by atoms with E-state index in [0.29, 0.717) is 11.3 Å². The fourth-order valence-corrected chi connectivity index (χ4v) is 1.86. The van der Waals surface area contributed by atoms with Gasteiger partial charge in [-0.2, -0.15) is 0 Å². The maximum atomic E-state index is 12.0. The lowest BCUT2D eigenvalue weighted by Gasteiger charge is -2.20. The van der Waals surface area contributed by atoms with Crippen molar-refractivity contribution in [1.29, 1.82) is 0 Å².